The van der Waals surface area contributed by atoms with Crippen molar-refractivity contribution in [2.24, 2.45) is 0 Å². The summed E-state index contributed by atoms with van der Waals surface area (Å²) in [5.41, 5.74) is -0.00301. The summed E-state index contributed by atoms with van der Waals surface area (Å²) < 4.78 is 73.5. The van der Waals surface area contributed by atoms with Crippen LogP contribution in [-0.4, -0.2) is 97.3 Å². The Morgan fingerprint density at radius 3 is 2.49 bits per heavy atom. The summed E-state index contributed by atoms with van der Waals surface area (Å²) >= 11 is 7.68. The number of benzene rings is 2. The Labute approximate surface area is 279 Å². The molecule has 2 N–H and O–H groups in total. The minimum absolute atomic E-state index is 0.118. The van der Waals surface area contributed by atoms with Gasteiger partial charge in [-0.1, -0.05) is 31.0 Å². The summed E-state index contributed by atoms with van der Waals surface area (Å²) in [4.78, 5) is 43.5. The molecule has 2 aliphatic rings. The van der Waals surface area contributed by atoms with E-state index in [1.807, 2.05) is 11.8 Å². The minimum atomic E-state index is -4.25. The number of piperazine rings is 1. The number of halogens is 6. The average molecular weight is 706 g/mol. The second-order valence-electron chi connectivity index (χ2n) is 11.2. The number of rotatable bonds is 11. The number of thioether (sulfide) groups is 1. The number of amides is 3. The van der Waals surface area contributed by atoms with Crippen LogP contribution in [-0.2, 0) is 16.1 Å². The fraction of sp³-hybridized carbons (Fsp3) is 0.516. The molecule has 2 heterocycles. The Morgan fingerprint density at radius 1 is 1.04 bits per heavy atom. The van der Waals surface area contributed by atoms with Crippen molar-refractivity contribution in [3.63, 3.8) is 0 Å². The number of carbonyl (C=O) groups is 3. The van der Waals surface area contributed by atoms with Gasteiger partial charge in [0.2, 0.25) is 5.91 Å². The van der Waals surface area contributed by atoms with Gasteiger partial charge in [0.15, 0.2) is 11.6 Å². The second-order valence-corrected chi connectivity index (χ2v) is 12.8. The van der Waals surface area contributed by atoms with Gasteiger partial charge in [-0.3, -0.25) is 19.4 Å². The highest BCUT2D eigenvalue weighted by Gasteiger charge is 2.34. The fourth-order valence-electron chi connectivity index (χ4n) is 5.19. The van der Waals surface area contributed by atoms with Gasteiger partial charge in [0, 0.05) is 67.9 Å². The van der Waals surface area contributed by atoms with Crippen LogP contribution >= 0.6 is 23.4 Å². The van der Waals surface area contributed by atoms with Crippen LogP contribution in [0.15, 0.2) is 30.3 Å². The molecule has 3 amide bonds. The third kappa shape index (κ3) is 10.1. The van der Waals surface area contributed by atoms with Crippen LogP contribution in [0.2, 0.25) is 5.02 Å². The zero-order valence-corrected chi connectivity index (χ0v) is 27.4. The van der Waals surface area contributed by atoms with Crippen LogP contribution in [0.5, 0.6) is 0 Å². The van der Waals surface area contributed by atoms with E-state index < -0.39 is 53.7 Å². The van der Waals surface area contributed by atoms with Gasteiger partial charge in [-0.2, -0.15) is 24.9 Å². The van der Waals surface area contributed by atoms with E-state index in [1.54, 1.807) is 11.0 Å². The molecule has 16 heteroatoms. The Bertz CT molecular complexity index is 1430. The highest BCUT2D eigenvalue weighted by Crippen LogP contribution is 2.31. The number of hydrogen-bond acceptors (Lipinski definition) is 7. The van der Waals surface area contributed by atoms with E-state index in [-0.39, 0.29) is 30.9 Å². The molecule has 1 unspecified atom stereocenters. The zero-order valence-electron chi connectivity index (χ0n) is 25.8. The van der Waals surface area contributed by atoms with Crippen LogP contribution in [0, 0.1) is 11.6 Å². The second kappa shape index (κ2) is 16.7. The lowest BCUT2D eigenvalue weighted by atomic mass is 10.1. The Morgan fingerprint density at radius 2 is 1.79 bits per heavy atom. The van der Waals surface area contributed by atoms with Crippen molar-refractivity contribution in [2.75, 3.05) is 67.6 Å². The smallest absolute Gasteiger partial charge is 0.410 e. The summed E-state index contributed by atoms with van der Waals surface area (Å²) in [6.07, 6.45) is -4.22. The van der Waals surface area contributed by atoms with Crippen LogP contribution in [0.25, 0.3) is 0 Å². The summed E-state index contributed by atoms with van der Waals surface area (Å²) in [5, 5.41) is 5.50. The van der Waals surface area contributed by atoms with Gasteiger partial charge in [-0.25, -0.2) is 13.6 Å². The molecule has 2 aliphatic heterocycles. The van der Waals surface area contributed by atoms with E-state index in [0.717, 1.165) is 12.5 Å². The molecule has 0 radical (unpaired) electrons. The number of unbranched alkanes of at least 4 members (excludes halogenated alkanes) is 1. The molecule has 47 heavy (non-hydrogen) atoms. The molecule has 4 rings (SSSR count). The van der Waals surface area contributed by atoms with Crippen molar-refractivity contribution in [1.82, 2.24) is 15.1 Å². The van der Waals surface area contributed by atoms with Crippen molar-refractivity contribution in [3.8, 4) is 0 Å². The number of carbonyl (C=O) groups excluding carboxylic acids is 3. The molecule has 0 saturated carbocycles. The van der Waals surface area contributed by atoms with Crippen molar-refractivity contribution in [2.45, 2.75) is 44.9 Å². The van der Waals surface area contributed by atoms with E-state index in [9.17, 15) is 27.6 Å². The van der Waals surface area contributed by atoms with Crippen LogP contribution in [0.1, 0.15) is 42.1 Å². The van der Waals surface area contributed by atoms with Crippen molar-refractivity contribution >= 4 is 52.6 Å². The quantitative estimate of drug-likeness (QED) is 0.222. The van der Waals surface area contributed by atoms with Gasteiger partial charge in [0.05, 0.1) is 30.0 Å². The topological polar surface area (TPSA) is 94.2 Å². The third-order valence-corrected chi connectivity index (χ3v) is 9.14. The van der Waals surface area contributed by atoms with Crippen LogP contribution in [0.4, 0.5) is 38.1 Å². The molecular formula is C31H37ClF5N5O4S. The number of hydrogen-bond donors (Lipinski definition) is 2. The SMILES string of the molecule is CCCCOC(=O)N1CCSCC1C(=O)NCc1ccc(C(=O)Nc2ccc(Cl)cc2N2CCN(CCC(F)(F)F)CC2)c(F)c1F. The molecule has 9 nitrogen and oxygen atoms in total. The first-order valence-corrected chi connectivity index (χ1v) is 16.8. The van der Waals surface area contributed by atoms with Crippen molar-refractivity contribution < 1.29 is 41.1 Å². The van der Waals surface area contributed by atoms with Gasteiger partial charge in [0.25, 0.3) is 5.91 Å². The average Bonchev–Trinajstić information content (AvgIpc) is 3.05. The van der Waals surface area contributed by atoms with Gasteiger partial charge in [-0.15, -0.1) is 0 Å². The first-order valence-electron chi connectivity index (χ1n) is 15.3. The number of ether oxygens (including phenoxy) is 1. The molecule has 2 fully saturated rings. The highest BCUT2D eigenvalue weighted by molar-refractivity contribution is 7.99. The van der Waals surface area contributed by atoms with E-state index in [4.69, 9.17) is 16.3 Å². The molecule has 2 aromatic rings. The predicted molar refractivity (Wildman–Crippen MR) is 171 cm³/mol. The van der Waals surface area contributed by atoms with E-state index in [1.165, 1.54) is 34.9 Å². The van der Waals surface area contributed by atoms with Gasteiger partial charge >= 0.3 is 12.3 Å². The lowest BCUT2D eigenvalue weighted by Crippen LogP contribution is -2.54. The Balaban J connectivity index is 1.38. The molecule has 0 bridgehead atoms. The van der Waals surface area contributed by atoms with Gasteiger partial charge in [0.1, 0.15) is 6.04 Å². The summed E-state index contributed by atoms with van der Waals surface area (Å²) in [5.74, 6) is -3.22. The largest absolute Gasteiger partial charge is 0.449 e. The predicted octanol–water partition coefficient (Wildman–Crippen LogP) is 5.92. The molecule has 2 aromatic carbocycles. The minimum Gasteiger partial charge on any atom is -0.449 e. The lowest BCUT2D eigenvalue weighted by molar-refractivity contribution is -0.138. The summed E-state index contributed by atoms with van der Waals surface area (Å²) in [6.45, 7) is 3.45. The number of anilines is 2. The monoisotopic (exact) mass is 705 g/mol. The summed E-state index contributed by atoms with van der Waals surface area (Å²) in [6, 6.07) is 6.08. The highest BCUT2D eigenvalue weighted by atomic mass is 35.5. The first-order chi connectivity index (χ1) is 22.4. The molecule has 1 atom stereocenters. The van der Waals surface area contributed by atoms with E-state index in [0.29, 0.717) is 61.4 Å². The van der Waals surface area contributed by atoms with Crippen LogP contribution in [0.3, 0.4) is 0 Å². The summed E-state index contributed by atoms with van der Waals surface area (Å²) in [7, 11) is 0. The normalized spacial score (nSPS) is 17.4. The molecular weight excluding hydrogens is 669 g/mol. The molecule has 0 spiro atoms. The standard InChI is InChI=1S/C31H37ClF5N5O4S/c1-2-3-15-46-30(45)42-14-16-47-19-25(42)29(44)38-18-20-4-6-22(27(34)26(20)33)28(43)39-23-7-5-21(32)17-24(23)41-12-10-40(11-13-41)9-8-31(35,36)37/h4-7,17,25H,2-3,8-16,18-19H2,1H3,(H,38,44)(H,39,43). The number of nitrogens with one attached hydrogen (secondary N) is 2. The maximum atomic E-state index is 15.2. The maximum absolute atomic E-state index is 15.2. The lowest BCUT2D eigenvalue weighted by Gasteiger charge is -2.37. The maximum Gasteiger partial charge on any atom is 0.410 e. The van der Waals surface area contributed by atoms with Crippen molar-refractivity contribution in [3.05, 3.63) is 58.1 Å². The van der Waals surface area contributed by atoms with Gasteiger partial charge in [-0.05, 0) is 30.7 Å². The van der Waals surface area contributed by atoms with Crippen LogP contribution < -0.4 is 15.5 Å². The first kappa shape index (κ1) is 36.5. The number of alkyl halides is 3. The molecule has 258 valence electrons. The molecule has 2 saturated heterocycles. The Kier molecular flexibility index (Phi) is 13.0. The fourth-order valence-corrected chi connectivity index (χ4v) is 6.40. The Hall–Kier alpha value is -3.30. The molecule has 0 aliphatic carbocycles. The van der Waals surface area contributed by atoms with Gasteiger partial charge < -0.3 is 20.3 Å². The molecule has 0 aromatic heterocycles. The number of nitrogens with zero attached hydrogens (tertiary/aromatic N) is 3. The zero-order chi connectivity index (χ0) is 34.1. The van der Waals surface area contributed by atoms with E-state index in [2.05, 4.69) is 10.6 Å². The van der Waals surface area contributed by atoms with E-state index >= 15 is 8.78 Å². The van der Waals surface area contributed by atoms with Crippen molar-refractivity contribution in [1.29, 1.82) is 0 Å². The third-order valence-electron chi connectivity index (χ3n) is 7.88.